The fourth-order valence-electron chi connectivity index (χ4n) is 1.96. The van der Waals surface area contributed by atoms with Gasteiger partial charge in [-0.15, -0.1) is 0 Å². The second-order valence-corrected chi connectivity index (χ2v) is 4.75. The van der Waals surface area contributed by atoms with Crippen molar-refractivity contribution in [2.45, 2.75) is 18.4 Å². The fourth-order valence-corrected chi connectivity index (χ4v) is 1.96. The highest BCUT2D eigenvalue weighted by molar-refractivity contribution is 5.89. The molecule has 1 N–H and O–H groups in total. The molecule has 1 saturated heterocycles. The van der Waals surface area contributed by atoms with E-state index in [9.17, 15) is 9.90 Å². The highest BCUT2D eigenvalue weighted by Gasteiger charge is 2.27. The Morgan fingerprint density at radius 3 is 2.62 bits per heavy atom. The molecule has 1 aliphatic rings. The van der Waals surface area contributed by atoms with Gasteiger partial charge in [0.05, 0.1) is 25.9 Å². The number of carbonyl (C=O) groups is 1. The second-order valence-electron chi connectivity index (χ2n) is 4.75. The predicted octanol–water partition coefficient (Wildman–Crippen LogP) is 1.40. The number of ether oxygens (including phenoxy) is 3. The highest BCUT2D eigenvalue weighted by Crippen LogP contribution is 2.19. The van der Waals surface area contributed by atoms with Crippen LogP contribution in [-0.4, -0.2) is 43.6 Å². The monoisotopic (exact) mass is 290 g/mol. The van der Waals surface area contributed by atoms with Crippen LogP contribution in [0.2, 0.25) is 0 Å². The van der Waals surface area contributed by atoms with Crippen LogP contribution in [0.15, 0.2) is 24.3 Å². The topological polar surface area (TPSA) is 65.0 Å². The average molecular weight is 290 g/mol. The predicted molar refractivity (Wildman–Crippen MR) is 76.1 cm³/mol. The normalized spacial score (nSPS) is 16.5. The van der Waals surface area contributed by atoms with Crippen LogP contribution in [0.3, 0.4) is 0 Å². The maximum atomic E-state index is 11.3. The molecule has 2 rings (SSSR count). The van der Waals surface area contributed by atoms with E-state index >= 15 is 0 Å². The molecular weight excluding hydrogens is 272 g/mol. The molecule has 0 radical (unpaired) electrons. The lowest BCUT2D eigenvalue weighted by Gasteiger charge is -2.26. The van der Waals surface area contributed by atoms with Gasteiger partial charge in [0.1, 0.15) is 18.0 Å². The van der Waals surface area contributed by atoms with Crippen molar-refractivity contribution in [3.8, 4) is 17.6 Å². The number of esters is 1. The van der Waals surface area contributed by atoms with Gasteiger partial charge < -0.3 is 19.3 Å². The first kappa shape index (κ1) is 15.4. The first-order valence-electron chi connectivity index (χ1n) is 6.74. The van der Waals surface area contributed by atoms with Crippen molar-refractivity contribution in [1.29, 1.82) is 0 Å². The van der Waals surface area contributed by atoms with E-state index in [0.29, 0.717) is 37.4 Å². The molecule has 112 valence electrons. The minimum atomic E-state index is -0.962. The molecule has 0 unspecified atom stereocenters. The number of hydrogen-bond donors (Lipinski definition) is 1. The van der Waals surface area contributed by atoms with Crippen LogP contribution < -0.4 is 4.74 Å². The van der Waals surface area contributed by atoms with E-state index in [1.165, 1.54) is 7.11 Å². The summed E-state index contributed by atoms with van der Waals surface area (Å²) < 4.78 is 15.2. The summed E-state index contributed by atoms with van der Waals surface area (Å²) in [6.45, 7) is 1.24. The lowest BCUT2D eigenvalue weighted by Crippen LogP contribution is -2.34. The Morgan fingerprint density at radius 2 is 2.00 bits per heavy atom. The number of carbonyl (C=O) groups excluding carboxylic acids is 1. The summed E-state index contributed by atoms with van der Waals surface area (Å²) in [5, 5.41) is 10.1. The first-order valence-corrected chi connectivity index (χ1v) is 6.74. The lowest BCUT2D eigenvalue weighted by atomic mass is 9.95. The summed E-state index contributed by atoms with van der Waals surface area (Å²) in [5.41, 5.74) is -0.497. The molecule has 0 aromatic heterocycles. The standard InChI is InChI=1S/C16H18O5/c1-19-15(17)13-3-5-14(6-4-13)21-10-2-7-16(18)8-11-20-12-9-16/h3-6,18H,8-12H2,1H3. The maximum absolute atomic E-state index is 11.3. The zero-order valence-electron chi connectivity index (χ0n) is 11.9. The molecule has 1 aliphatic heterocycles. The zero-order chi connectivity index (χ0) is 15.1. The Morgan fingerprint density at radius 1 is 1.33 bits per heavy atom. The van der Waals surface area contributed by atoms with Gasteiger partial charge in [0.15, 0.2) is 0 Å². The molecule has 1 heterocycles. The molecule has 21 heavy (non-hydrogen) atoms. The van der Waals surface area contributed by atoms with Crippen LogP contribution in [0.4, 0.5) is 0 Å². The molecule has 1 fully saturated rings. The van der Waals surface area contributed by atoms with E-state index in [0.717, 1.165) is 0 Å². The fraction of sp³-hybridized carbons (Fsp3) is 0.438. The van der Waals surface area contributed by atoms with Crippen LogP contribution in [0, 0.1) is 11.8 Å². The third kappa shape index (κ3) is 4.48. The Kier molecular flexibility index (Phi) is 5.20. The van der Waals surface area contributed by atoms with E-state index in [1.54, 1.807) is 24.3 Å². The van der Waals surface area contributed by atoms with Gasteiger partial charge in [0.2, 0.25) is 0 Å². The van der Waals surface area contributed by atoms with Gasteiger partial charge in [-0.2, -0.15) is 0 Å². The van der Waals surface area contributed by atoms with Crippen LogP contribution in [0.25, 0.3) is 0 Å². The Hall–Kier alpha value is -2.03. The van der Waals surface area contributed by atoms with E-state index in [1.807, 2.05) is 0 Å². The minimum absolute atomic E-state index is 0.181. The summed E-state index contributed by atoms with van der Waals surface area (Å²) in [5.74, 6) is 5.88. The van der Waals surface area contributed by atoms with Crippen molar-refractivity contribution in [2.24, 2.45) is 0 Å². The van der Waals surface area contributed by atoms with Crippen molar-refractivity contribution < 1.29 is 24.1 Å². The largest absolute Gasteiger partial charge is 0.481 e. The maximum Gasteiger partial charge on any atom is 0.337 e. The Balaban J connectivity index is 1.85. The number of aliphatic hydroxyl groups is 1. The van der Waals surface area contributed by atoms with Gasteiger partial charge in [-0.05, 0) is 24.3 Å². The number of rotatable bonds is 3. The molecule has 0 aliphatic carbocycles. The third-order valence-electron chi connectivity index (χ3n) is 3.23. The van der Waals surface area contributed by atoms with Gasteiger partial charge in [-0.25, -0.2) is 4.79 Å². The van der Waals surface area contributed by atoms with Crippen molar-refractivity contribution in [3.63, 3.8) is 0 Å². The van der Waals surface area contributed by atoms with Crippen LogP contribution in [0.5, 0.6) is 5.75 Å². The van der Waals surface area contributed by atoms with Crippen molar-refractivity contribution in [2.75, 3.05) is 26.9 Å². The minimum Gasteiger partial charge on any atom is -0.481 e. The molecule has 0 bridgehead atoms. The summed E-state index contributed by atoms with van der Waals surface area (Å²) in [4.78, 5) is 11.3. The summed E-state index contributed by atoms with van der Waals surface area (Å²) in [6.07, 6.45) is 1.04. The van der Waals surface area contributed by atoms with Gasteiger partial charge >= 0.3 is 5.97 Å². The number of benzene rings is 1. The van der Waals surface area contributed by atoms with E-state index in [4.69, 9.17) is 9.47 Å². The van der Waals surface area contributed by atoms with Crippen molar-refractivity contribution >= 4 is 5.97 Å². The SMILES string of the molecule is COC(=O)c1ccc(OCC#CC2(O)CCOCC2)cc1. The van der Waals surface area contributed by atoms with Gasteiger partial charge in [-0.1, -0.05) is 11.8 Å². The smallest absolute Gasteiger partial charge is 0.337 e. The van der Waals surface area contributed by atoms with Gasteiger partial charge in [0, 0.05) is 12.8 Å². The molecule has 1 aromatic rings. The Bertz CT molecular complexity index is 532. The molecule has 0 amide bonds. The van der Waals surface area contributed by atoms with Crippen LogP contribution in [0.1, 0.15) is 23.2 Å². The molecule has 5 nitrogen and oxygen atoms in total. The molecule has 0 spiro atoms. The molecule has 1 aromatic carbocycles. The molecular formula is C16H18O5. The summed E-state index contributed by atoms with van der Waals surface area (Å²) >= 11 is 0. The molecule has 5 heteroatoms. The van der Waals surface area contributed by atoms with Crippen LogP contribution in [-0.2, 0) is 9.47 Å². The quantitative estimate of drug-likeness (QED) is 0.673. The van der Waals surface area contributed by atoms with Crippen LogP contribution >= 0.6 is 0 Å². The third-order valence-corrected chi connectivity index (χ3v) is 3.23. The zero-order valence-corrected chi connectivity index (χ0v) is 11.9. The van der Waals surface area contributed by atoms with E-state index < -0.39 is 5.60 Å². The van der Waals surface area contributed by atoms with E-state index in [-0.39, 0.29) is 12.6 Å². The van der Waals surface area contributed by atoms with Gasteiger partial charge in [0.25, 0.3) is 0 Å². The Labute approximate surface area is 123 Å². The van der Waals surface area contributed by atoms with Crippen molar-refractivity contribution in [3.05, 3.63) is 29.8 Å². The van der Waals surface area contributed by atoms with Gasteiger partial charge in [-0.3, -0.25) is 0 Å². The summed E-state index contributed by atoms with van der Waals surface area (Å²) in [7, 11) is 1.34. The molecule has 0 saturated carbocycles. The number of hydrogen-bond acceptors (Lipinski definition) is 5. The summed E-state index contributed by atoms with van der Waals surface area (Å²) in [6, 6.07) is 6.61. The highest BCUT2D eigenvalue weighted by atomic mass is 16.5. The lowest BCUT2D eigenvalue weighted by molar-refractivity contribution is -0.0262. The van der Waals surface area contributed by atoms with Crippen molar-refractivity contribution in [1.82, 2.24) is 0 Å². The first-order chi connectivity index (χ1) is 10.1. The second kappa shape index (κ2) is 7.11. The molecule has 0 atom stereocenters. The van der Waals surface area contributed by atoms with E-state index in [2.05, 4.69) is 16.6 Å². The average Bonchev–Trinajstić information content (AvgIpc) is 2.52. The number of methoxy groups -OCH3 is 1.